The van der Waals surface area contributed by atoms with Crippen molar-refractivity contribution >= 4 is 17.4 Å². The maximum Gasteiger partial charge on any atom is 0.00864 e. The molecule has 0 bridgehead atoms. The quantitative estimate of drug-likeness (QED) is 0.704. The molecular formula is C10H15NS. The van der Waals surface area contributed by atoms with E-state index in [-0.39, 0.29) is 0 Å². The SMILES string of the molecule is CNCCC=Cc1ccsc1C. The number of hydrogen-bond acceptors (Lipinski definition) is 2. The molecule has 2 heteroatoms. The standard InChI is InChI=1S/C10H15NS/c1-9-10(6-8-12-9)5-3-4-7-11-2/h3,5-6,8,11H,4,7H2,1-2H3. The monoisotopic (exact) mass is 181 g/mol. The van der Waals surface area contributed by atoms with Crippen LogP contribution in [0.3, 0.4) is 0 Å². The molecule has 0 saturated carbocycles. The van der Waals surface area contributed by atoms with Gasteiger partial charge >= 0.3 is 0 Å². The summed E-state index contributed by atoms with van der Waals surface area (Å²) in [6.45, 7) is 3.21. The zero-order valence-corrected chi connectivity index (χ0v) is 8.45. The lowest BCUT2D eigenvalue weighted by Gasteiger charge is -1.91. The normalized spacial score (nSPS) is 11.2. The first-order valence-electron chi connectivity index (χ1n) is 4.20. The lowest BCUT2D eigenvalue weighted by Crippen LogP contribution is -2.05. The van der Waals surface area contributed by atoms with Crippen LogP contribution in [0, 0.1) is 6.92 Å². The van der Waals surface area contributed by atoms with Crippen LogP contribution in [0.5, 0.6) is 0 Å². The summed E-state index contributed by atoms with van der Waals surface area (Å²) in [7, 11) is 1.98. The van der Waals surface area contributed by atoms with E-state index >= 15 is 0 Å². The third kappa shape index (κ3) is 2.80. The van der Waals surface area contributed by atoms with Gasteiger partial charge in [0.25, 0.3) is 0 Å². The van der Waals surface area contributed by atoms with Crippen LogP contribution in [0.4, 0.5) is 0 Å². The Balaban J connectivity index is 2.41. The highest BCUT2D eigenvalue weighted by molar-refractivity contribution is 7.10. The smallest absolute Gasteiger partial charge is 0.00864 e. The van der Waals surface area contributed by atoms with E-state index in [0.29, 0.717) is 0 Å². The Morgan fingerprint density at radius 3 is 3.00 bits per heavy atom. The van der Waals surface area contributed by atoms with Crippen molar-refractivity contribution in [3.63, 3.8) is 0 Å². The molecule has 0 atom stereocenters. The van der Waals surface area contributed by atoms with Crippen LogP contribution < -0.4 is 5.32 Å². The average molecular weight is 181 g/mol. The van der Waals surface area contributed by atoms with Gasteiger partial charge in [0.15, 0.2) is 0 Å². The minimum absolute atomic E-state index is 1.06. The molecular weight excluding hydrogens is 166 g/mol. The van der Waals surface area contributed by atoms with Gasteiger partial charge in [0.2, 0.25) is 0 Å². The summed E-state index contributed by atoms with van der Waals surface area (Å²) in [5.41, 5.74) is 1.36. The van der Waals surface area contributed by atoms with Crippen LogP contribution in [0.1, 0.15) is 16.9 Å². The topological polar surface area (TPSA) is 12.0 Å². The van der Waals surface area contributed by atoms with E-state index in [2.05, 4.69) is 35.8 Å². The predicted octanol–water partition coefficient (Wildman–Crippen LogP) is 2.68. The third-order valence-corrected chi connectivity index (χ3v) is 2.62. The zero-order valence-electron chi connectivity index (χ0n) is 7.63. The Labute approximate surface area is 78.1 Å². The van der Waals surface area contributed by atoms with Crippen LogP contribution in [0.25, 0.3) is 6.08 Å². The number of aryl methyl sites for hydroxylation is 1. The maximum atomic E-state index is 3.11. The van der Waals surface area contributed by atoms with Crippen LogP contribution in [0.2, 0.25) is 0 Å². The number of thiophene rings is 1. The summed E-state index contributed by atoms with van der Waals surface area (Å²) in [4.78, 5) is 1.40. The Kier molecular flexibility index (Phi) is 4.05. The van der Waals surface area contributed by atoms with Gasteiger partial charge in [0, 0.05) is 4.88 Å². The van der Waals surface area contributed by atoms with E-state index in [4.69, 9.17) is 0 Å². The van der Waals surface area contributed by atoms with Crippen molar-refractivity contribution in [3.05, 3.63) is 28.0 Å². The molecule has 1 aromatic rings. The molecule has 0 fully saturated rings. The van der Waals surface area contributed by atoms with E-state index in [1.807, 2.05) is 7.05 Å². The van der Waals surface area contributed by atoms with Gasteiger partial charge in [-0.2, -0.15) is 0 Å². The minimum Gasteiger partial charge on any atom is -0.319 e. The number of nitrogens with one attached hydrogen (secondary N) is 1. The summed E-state index contributed by atoms with van der Waals surface area (Å²) in [5, 5.41) is 5.25. The van der Waals surface area contributed by atoms with Gasteiger partial charge in [-0.05, 0) is 43.9 Å². The first-order chi connectivity index (χ1) is 5.84. The summed E-state index contributed by atoms with van der Waals surface area (Å²) in [5.74, 6) is 0. The van der Waals surface area contributed by atoms with Crippen molar-refractivity contribution in [2.24, 2.45) is 0 Å². The minimum atomic E-state index is 1.06. The van der Waals surface area contributed by atoms with E-state index < -0.39 is 0 Å². The van der Waals surface area contributed by atoms with Crippen molar-refractivity contribution in [2.45, 2.75) is 13.3 Å². The molecule has 0 aromatic carbocycles. The van der Waals surface area contributed by atoms with Crippen LogP contribution >= 0.6 is 11.3 Å². The summed E-state index contributed by atoms with van der Waals surface area (Å²) in [6, 6.07) is 2.16. The third-order valence-electron chi connectivity index (χ3n) is 1.76. The van der Waals surface area contributed by atoms with Crippen molar-refractivity contribution in [1.29, 1.82) is 0 Å². The molecule has 0 radical (unpaired) electrons. The molecule has 1 aromatic heterocycles. The van der Waals surface area contributed by atoms with Gasteiger partial charge in [0.05, 0.1) is 0 Å². The summed E-state index contributed by atoms with van der Waals surface area (Å²) < 4.78 is 0. The van der Waals surface area contributed by atoms with E-state index in [1.165, 1.54) is 10.4 Å². The van der Waals surface area contributed by atoms with E-state index in [0.717, 1.165) is 13.0 Å². The van der Waals surface area contributed by atoms with Gasteiger partial charge in [-0.15, -0.1) is 11.3 Å². The molecule has 0 aliphatic heterocycles. The van der Waals surface area contributed by atoms with Crippen molar-refractivity contribution < 1.29 is 0 Å². The first kappa shape index (κ1) is 9.49. The van der Waals surface area contributed by atoms with Gasteiger partial charge in [-0.25, -0.2) is 0 Å². The predicted molar refractivity (Wildman–Crippen MR) is 56.6 cm³/mol. The Morgan fingerprint density at radius 2 is 2.42 bits per heavy atom. The van der Waals surface area contributed by atoms with Crippen molar-refractivity contribution in [2.75, 3.05) is 13.6 Å². The number of hydrogen-bond donors (Lipinski definition) is 1. The van der Waals surface area contributed by atoms with Crippen LogP contribution in [0.15, 0.2) is 17.5 Å². The molecule has 0 saturated heterocycles. The first-order valence-corrected chi connectivity index (χ1v) is 5.08. The fourth-order valence-corrected chi connectivity index (χ4v) is 1.70. The fourth-order valence-electron chi connectivity index (χ4n) is 1.01. The van der Waals surface area contributed by atoms with Crippen molar-refractivity contribution in [3.8, 4) is 0 Å². The Hall–Kier alpha value is -0.600. The van der Waals surface area contributed by atoms with Crippen molar-refractivity contribution in [1.82, 2.24) is 5.32 Å². The highest BCUT2D eigenvalue weighted by atomic mass is 32.1. The Morgan fingerprint density at radius 1 is 1.58 bits per heavy atom. The maximum absolute atomic E-state index is 3.11. The second kappa shape index (κ2) is 5.12. The van der Waals surface area contributed by atoms with Gasteiger partial charge in [-0.3, -0.25) is 0 Å². The number of rotatable bonds is 4. The second-order valence-corrected chi connectivity index (χ2v) is 3.85. The molecule has 1 N–H and O–H groups in total. The lowest BCUT2D eigenvalue weighted by atomic mass is 10.2. The lowest BCUT2D eigenvalue weighted by molar-refractivity contribution is 0.809. The highest BCUT2D eigenvalue weighted by Gasteiger charge is 1.92. The molecule has 0 amide bonds. The fraction of sp³-hybridized carbons (Fsp3) is 0.400. The summed E-state index contributed by atoms with van der Waals surface area (Å²) >= 11 is 1.80. The molecule has 0 unspecified atom stereocenters. The van der Waals surface area contributed by atoms with Crippen LogP contribution in [-0.4, -0.2) is 13.6 Å². The Bertz CT molecular complexity index is 250. The molecule has 66 valence electrons. The highest BCUT2D eigenvalue weighted by Crippen LogP contribution is 2.16. The molecule has 0 aliphatic carbocycles. The second-order valence-electron chi connectivity index (χ2n) is 2.73. The van der Waals surface area contributed by atoms with Crippen LogP contribution in [-0.2, 0) is 0 Å². The largest absolute Gasteiger partial charge is 0.319 e. The molecule has 1 heterocycles. The molecule has 12 heavy (non-hydrogen) atoms. The molecule has 0 aliphatic rings. The van der Waals surface area contributed by atoms with Gasteiger partial charge in [0.1, 0.15) is 0 Å². The molecule has 0 spiro atoms. The zero-order chi connectivity index (χ0) is 8.81. The summed E-state index contributed by atoms with van der Waals surface area (Å²) in [6.07, 6.45) is 5.51. The van der Waals surface area contributed by atoms with E-state index in [1.54, 1.807) is 11.3 Å². The average Bonchev–Trinajstić information content (AvgIpc) is 2.46. The molecule has 1 rings (SSSR count). The van der Waals surface area contributed by atoms with Gasteiger partial charge in [-0.1, -0.05) is 12.2 Å². The van der Waals surface area contributed by atoms with E-state index in [9.17, 15) is 0 Å². The molecule has 1 nitrogen and oxygen atoms in total. The van der Waals surface area contributed by atoms with Gasteiger partial charge < -0.3 is 5.32 Å².